The van der Waals surface area contributed by atoms with Crippen molar-refractivity contribution in [2.24, 2.45) is 0 Å². The Bertz CT molecular complexity index is 1340. The molecule has 4 rings (SSSR count). The molecule has 0 fully saturated rings. The minimum Gasteiger partial charge on any atom is -0.497 e. The fourth-order valence-electron chi connectivity index (χ4n) is 4.06. The summed E-state index contributed by atoms with van der Waals surface area (Å²) in [6.07, 6.45) is 1.24. The molecule has 1 N–H and O–H groups in total. The van der Waals surface area contributed by atoms with Crippen LogP contribution in [0.5, 0.6) is 17.2 Å². The van der Waals surface area contributed by atoms with Gasteiger partial charge >= 0.3 is 0 Å². The highest BCUT2D eigenvalue weighted by atomic mass is 16.5. The van der Waals surface area contributed by atoms with E-state index < -0.39 is 0 Å². The standard InChI is InChI=1S/C25H26N2O4/c1-6-21-16(9-15-10-17(29-3)7-8-22(15)27-21)11-20-19-13-24(31-5)23(30-4)12-18(19)14(2)26-25(20)28/h7-10,12-13H,6,11H2,1-5H3,(H,26,28). The van der Waals surface area contributed by atoms with Crippen molar-refractivity contribution in [3.8, 4) is 17.2 Å². The van der Waals surface area contributed by atoms with Crippen molar-refractivity contribution >= 4 is 21.7 Å². The van der Waals surface area contributed by atoms with Gasteiger partial charge in [0.2, 0.25) is 0 Å². The predicted octanol–water partition coefficient (Wildman–Crippen LogP) is 4.56. The Balaban J connectivity index is 1.93. The van der Waals surface area contributed by atoms with Gasteiger partial charge in [-0.1, -0.05) is 6.92 Å². The number of pyridine rings is 2. The van der Waals surface area contributed by atoms with Crippen LogP contribution < -0.4 is 19.8 Å². The number of rotatable bonds is 6. The molecule has 0 spiro atoms. The first-order valence-corrected chi connectivity index (χ1v) is 10.2. The van der Waals surface area contributed by atoms with Gasteiger partial charge in [-0.2, -0.15) is 0 Å². The van der Waals surface area contributed by atoms with Crippen LogP contribution in [0.3, 0.4) is 0 Å². The van der Waals surface area contributed by atoms with E-state index in [0.717, 1.165) is 50.8 Å². The molecule has 31 heavy (non-hydrogen) atoms. The van der Waals surface area contributed by atoms with Gasteiger partial charge in [0.1, 0.15) is 5.75 Å². The molecule has 0 unspecified atom stereocenters. The summed E-state index contributed by atoms with van der Waals surface area (Å²) >= 11 is 0. The Labute approximate surface area is 180 Å². The number of benzene rings is 2. The number of ether oxygens (including phenoxy) is 3. The number of fused-ring (bicyclic) bond motifs is 2. The van der Waals surface area contributed by atoms with Gasteiger partial charge in [0.15, 0.2) is 11.5 Å². The molecule has 4 aromatic rings. The minimum atomic E-state index is -0.106. The van der Waals surface area contributed by atoms with Crippen LogP contribution in [0.4, 0.5) is 0 Å². The second kappa shape index (κ2) is 8.30. The Morgan fingerprint density at radius 2 is 1.65 bits per heavy atom. The molecule has 2 aromatic carbocycles. The van der Waals surface area contributed by atoms with Gasteiger partial charge in [0.25, 0.3) is 5.56 Å². The first kappa shape index (κ1) is 20.7. The molecular formula is C25H26N2O4. The third-order valence-corrected chi connectivity index (χ3v) is 5.72. The summed E-state index contributed by atoms with van der Waals surface area (Å²) in [5.41, 5.74) is 4.28. The summed E-state index contributed by atoms with van der Waals surface area (Å²) < 4.78 is 16.3. The second-order valence-electron chi connectivity index (χ2n) is 7.49. The van der Waals surface area contributed by atoms with Gasteiger partial charge in [0.05, 0.1) is 26.8 Å². The molecule has 0 aliphatic carbocycles. The van der Waals surface area contributed by atoms with Crippen molar-refractivity contribution in [2.45, 2.75) is 26.7 Å². The summed E-state index contributed by atoms with van der Waals surface area (Å²) in [6, 6.07) is 11.7. The molecule has 160 valence electrons. The Kier molecular flexibility index (Phi) is 5.55. The van der Waals surface area contributed by atoms with Crippen LogP contribution >= 0.6 is 0 Å². The van der Waals surface area contributed by atoms with Crippen LogP contribution in [-0.4, -0.2) is 31.3 Å². The van der Waals surface area contributed by atoms with E-state index in [-0.39, 0.29) is 5.56 Å². The fraction of sp³-hybridized carbons (Fsp3) is 0.280. The van der Waals surface area contributed by atoms with Crippen LogP contribution in [0.1, 0.15) is 29.4 Å². The average molecular weight is 418 g/mol. The quantitative estimate of drug-likeness (QED) is 0.497. The van der Waals surface area contributed by atoms with E-state index in [0.29, 0.717) is 23.5 Å². The molecule has 2 aromatic heterocycles. The number of aromatic amines is 1. The number of methoxy groups -OCH3 is 3. The molecule has 0 saturated carbocycles. The highest BCUT2D eigenvalue weighted by Gasteiger charge is 2.16. The first-order valence-electron chi connectivity index (χ1n) is 10.2. The average Bonchev–Trinajstić information content (AvgIpc) is 2.79. The van der Waals surface area contributed by atoms with Crippen molar-refractivity contribution in [1.29, 1.82) is 0 Å². The number of hydrogen-bond donors (Lipinski definition) is 1. The summed E-state index contributed by atoms with van der Waals surface area (Å²) in [5, 5.41) is 2.77. The highest BCUT2D eigenvalue weighted by molar-refractivity contribution is 5.91. The number of nitrogens with one attached hydrogen (secondary N) is 1. The molecule has 6 heteroatoms. The number of aryl methyl sites for hydroxylation is 2. The summed E-state index contributed by atoms with van der Waals surface area (Å²) in [5.74, 6) is 2.00. The lowest BCUT2D eigenvalue weighted by molar-refractivity contribution is 0.356. The SMILES string of the molecule is CCc1nc2ccc(OC)cc2cc1Cc1c(=O)[nH]c(C)c2cc(OC)c(OC)cc12. The zero-order chi connectivity index (χ0) is 22.1. The van der Waals surface area contributed by atoms with Crippen LogP contribution in [0.2, 0.25) is 0 Å². The number of nitrogens with zero attached hydrogens (tertiary/aromatic N) is 1. The van der Waals surface area contributed by atoms with Crippen LogP contribution in [-0.2, 0) is 12.8 Å². The monoisotopic (exact) mass is 418 g/mol. The van der Waals surface area contributed by atoms with E-state index in [4.69, 9.17) is 19.2 Å². The lowest BCUT2D eigenvalue weighted by Gasteiger charge is -2.15. The summed E-state index contributed by atoms with van der Waals surface area (Å²) in [6.45, 7) is 3.97. The number of aromatic nitrogens is 2. The molecule has 0 aliphatic rings. The fourth-order valence-corrected chi connectivity index (χ4v) is 4.06. The van der Waals surface area contributed by atoms with Gasteiger partial charge in [-0.3, -0.25) is 9.78 Å². The Hall–Kier alpha value is -3.54. The molecule has 2 heterocycles. The van der Waals surface area contributed by atoms with Crippen molar-refractivity contribution in [2.75, 3.05) is 21.3 Å². The maximum atomic E-state index is 13.0. The number of H-pyrrole nitrogens is 1. The third kappa shape index (κ3) is 3.69. The van der Waals surface area contributed by atoms with Gasteiger partial charge in [-0.15, -0.1) is 0 Å². The van der Waals surface area contributed by atoms with E-state index in [9.17, 15) is 4.79 Å². The van der Waals surface area contributed by atoms with E-state index in [2.05, 4.69) is 18.0 Å². The van der Waals surface area contributed by atoms with Crippen molar-refractivity contribution in [3.05, 3.63) is 69.3 Å². The molecule has 6 nitrogen and oxygen atoms in total. The molecule has 0 amide bonds. The van der Waals surface area contributed by atoms with Crippen LogP contribution in [0.15, 0.2) is 41.2 Å². The number of hydrogen-bond acceptors (Lipinski definition) is 5. The maximum absolute atomic E-state index is 13.0. The van der Waals surface area contributed by atoms with Gasteiger partial charge in [0, 0.05) is 34.1 Å². The Morgan fingerprint density at radius 3 is 2.29 bits per heavy atom. The third-order valence-electron chi connectivity index (χ3n) is 5.72. The Morgan fingerprint density at radius 1 is 0.935 bits per heavy atom. The zero-order valence-electron chi connectivity index (χ0n) is 18.5. The normalized spacial score (nSPS) is 11.1. The maximum Gasteiger partial charge on any atom is 0.252 e. The topological polar surface area (TPSA) is 73.4 Å². The van der Waals surface area contributed by atoms with E-state index >= 15 is 0 Å². The first-order chi connectivity index (χ1) is 15.0. The molecular weight excluding hydrogens is 392 g/mol. The smallest absolute Gasteiger partial charge is 0.252 e. The van der Waals surface area contributed by atoms with Crippen molar-refractivity contribution in [1.82, 2.24) is 9.97 Å². The minimum absolute atomic E-state index is 0.106. The van der Waals surface area contributed by atoms with Crippen LogP contribution in [0, 0.1) is 6.92 Å². The van der Waals surface area contributed by atoms with Crippen molar-refractivity contribution < 1.29 is 14.2 Å². The van der Waals surface area contributed by atoms with Gasteiger partial charge in [-0.05, 0) is 60.7 Å². The van der Waals surface area contributed by atoms with E-state index in [1.54, 1.807) is 21.3 Å². The van der Waals surface area contributed by atoms with E-state index in [1.165, 1.54) is 0 Å². The molecule has 0 saturated heterocycles. The van der Waals surface area contributed by atoms with Gasteiger partial charge < -0.3 is 19.2 Å². The summed E-state index contributed by atoms with van der Waals surface area (Å²) in [7, 11) is 4.85. The molecule has 0 bridgehead atoms. The largest absolute Gasteiger partial charge is 0.497 e. The molecule has 0 atom stereocenters. The summed E-state index contributed by atoms with van der Waals surface area (Å²) in [4.78, 5) is 20.8. The van der Waals surface area contributed by atoms with Crippen molar-refractivity contribution in [3.63, 3.8) is 0 Å². The van der Waals surface area contributed by atoms with E-state index in [1.807, 2.05) is 37.3 Å². The highest BCUT2D eigenvalue weighted by Crippen LogP contribution is 2.34. The zero-order valence-corrected chi connectivity index (χ0v) is 18.5. The molecule has 0 aliphatic heterocycles. The lowest BCUT2D eigenvalue weighted by atomic mass is 9.96. The van der Waals surface area contributed by atoms with Crippen LogP contribution in [0.25, 0.3) is 21.7 Å². The predicted molar refractivity (Wildman–Crippen MR) is 123 cm³/mol. The lowest BCUT2D eigenvalue weighted by Crippen LogP contribution is -2.16. The second-order valence-corrected chi connectivity index (χ2v) is 7.49. The van der Waals surface area contributed by atoms with Gasteiger partial charge in [-0.25, -0.2) is 0 Å². The molecule has 0 radical (unpaired) electrons.